The number of aliphatic hydroxyl groups excluding tert-OH is 1. The lowest BCUT2D eigenvalue weighted by atomic mass is 9.97. The Labute approximate surface area is 139 Å². The fourth-order valence-electron chi connectivity index (χ4n) is 3.18. The molecule has 120 valence electrons. The molecule has 0 aromatic heterocycles. The van der Waals surface area contributed by atoms with Gasteiger partial charge in [-0.15, -0.1) is 0 Å². The van der Waals surface area contributed by atoms with Gasteiger partial charge >= 0.3 is 0 Å². The molecular weight excluding hydrogens is 304 g/mol. The maximum atomic E-state index is 12.6. The summed E-state index contributed by atoms with van der Waals surface area (Å²) in [4.78, 5) is 12.6. The fourth-order valence-corrected chi connectivity index (χ4v) is 3.18. The highest BCUT2D eigenvalue weighted by atomic mass is 16.5. The summed E-state index contributed by atoms with van der Waals surface area (Å²) < 4.78 is 5.25. The number of fused-ring (bicyclic) bond motifs is 1. The van der Waals surface area contributed by atoms with Crippen molar-refractivity contribution < 1.29 is 14.6 Å². The number of hydrazone groups is 1. The zero-order chi connectivity index (χ0) is 16.7. The molecule has 1 heterocycles. The van der Waals surface area contributed by atoms with Gasteiger partial charge in [-0.2, -0.15) is 5.10 Å². The van der Waals surface area contributed by atoms with Gasteiger partial charge in [0.1, 0.15) is 11.5 Å². The summed E-state index contributed by atoms with van der Waals surface area (Å²) in [7, 11) is 1.63. The van der Waals surface area contributed by atoms with Gasteiger partial charge in [-0.1, -0.05) is 36.4 Å². The summed E-state index contributed by atoms with van der Waals surface area (Å²) in [6, 6.07) is 14.7. The van der Waals surface area contributed by atoms with Crippen LogP contribution in [0.25, 0.3) is 5.76 Å². The third-order valence-electron chi connectivity index (χ3n) is 4.43. The monoisotopic (exact) mass is 320 g/mol. The van der Waals surface area contributed by atoms with Gasteiger partial charge in [-0.3, -0.25) is 4.79 Å². The second-order valence-electron chi connectivity index (χ2n) is 5.82. The van der Waals surface area contributed by atoms with E-state index in [0.717, 1.165) is 11.3 Å². The van der Waals surface area contributed by atoms with Crippen LogP contribution in [0.1, 0.15) is 33.9 Å². The van der Waals surface area contributed by atoms with Crippen LogP contribution < -0.4 is 10.2 Å². The first-order chi connectivity index (χ1) is 11.7. The zero-order valence-electron chi connectivity index (χ0n) is 13.1. The van der Waals surface area contributed by atoms with E-state index in [1.54, 1.807) is 31.4 Å². The Balaban J connectivity index is 1.62. The summed E-state index contributed by atoms with van der Waals surface area (Å²) >= 11 is 0. The number of benzene rings is 2. The molecule has 0 fully saturated rings. The van der Waals surface area contributed by atoms with Gasteiger partial charge in [-0.25, -0.2) is 0 Å². The van der Waals surface area contributed by atoms with Crippen LogP contribution >= 0.6 is 0 Å². The van der Waals surface area contributed by atoms with E-state index in [4.69, 9.17) is 4.74 Å². The summed E-state index contributed by atoms with van der Waals surface area (Å²) in [5.41, 5.74) is 6.06. The van der Waals surface area contributed by atoms with Crippen LogP contribution in [0.3, 0.4) is 0 Å². The maximum Gasteiger partial charge on any atom is 0.199 e. The highest BCUT2D eigenvalue weighted by molar-refractivity contribution is 6.35. The van der Waals surface area contributed by atoms with Crippen molar-refractivity contribution in [3.8, 4) is 5.75 Å². The Morgan fingerprint density at radius 3 is 2.71 bits per heavy atom. The third kappa shape index (κ3) is 2.17. The van der Waals surface area contributed by atoms with Gasteiger partial charge in [0.25, 0.3) is 0 Å². The summed E-state index contributed by atoms with van der Waals surface area (Å²) in [6.45, 7) is 0. The molecular formula is C19H16N2O3. The number of allylic oxidation sites excluding steroid dienone is 1. The van der Waals surface area contributed by atoms with Crippen molar-refractivity contribution in [1.29, 1.82) is 0 Å². The number of hydrogen-bond donors (Lipinski definition) is 2. The minimum atomic E-state index is -0.171. The molecule has 5 heteroatoms. The van der Waals surface area contributed by atoms with Crippen molar-refractivity contribution in [1.82, 2.24) is 5.43 Å². The van der Waals surface area contributed by atoms with Crippen LogP contribution in [0.4, 0.5) is 0 Å². The van der Waals surface area contributed by atoms with Gasteiger partial charge in [0, 0.05) is 17.5 Å². The number of hydrogen-bond acceptors (Lipinski definition) is 5. The predicted octanol–water partition coefficient (Wildman–Crippen LogP) is 3.25. The summed E-state index contributed by atoms with van der Waals surface area (Å²) in [5.74, 6) is 0.617. The van der Waals surface area contributed by atoms with E-state index in [0.29, 0.717) is 28.8 Å². The van der Waals surface area contributed by atoms with Gasteiger partial charge < -0.3 is 15.3 Å². The van der Waals surface area contributed by atoms with Crippen molar-refractivity contribution in [3.63, 3.8) is 0 Å². The number of methoxy groups -OCH3 is 1. The molecule has 1 aliphatic heterocycles. The van der Waals surface area contributed by atoms with Crippen LogP contribution in [0.2, 0.25) is 0 Å². The molecule has 2 aromatic carbocycles. The number of carbonyl (C=O) groups is 1. The van der Waals surface area contributed by atoms with E-state index < -0.39 is 0 Å². The molecule has 0 saturated carbocycles. The van der Waals surface area contributed by atoms with Crippen molar-refractivity contribution in [2.45, 2.75) is 12.5 Å². The first-order valence-corrected chi connectivity index (χ1v) is 7.73. The molecule has 0 bridgehead atoms. The largest absolute Gasteiger partial charge is 0.506 e. The van der Waals surface area contributed by atoms with Gasteiger partial charge in [0.2, 0.25) is 0 Å². The highest BCUT2D eigenvalue weighted by Gasteiger charge is 2.35. The summed E-state index contributed by atoms with van der Waals surface area (Å²) in [6.07, 6.45) is 0.534. The predicted molar refractivity (Wildman–Crippen MR) is 91.2 cm³/mol. The number of Topliss-reactive ketones (excluding diaryl/α,β-unsaturated/α-hetero) is 1. The van der Waals surface area contributed by atoms with E-state index in [2.05, 4.69) is 10.5 Å². The van der Waals surface area contributed by atoms with E-state index in [1.807, 2.05) is 24.3 Å². The van der Waals surface area contributed by atoms with Gasteiger partial charge in [-0.05, 0) is 17.7 Å². The van der Waals surface area contributed by atoms with E-state index >= 15 is 0 Å². The molecule has 0 radical (unpaired) electrons. The molecule has 5 nitrogen and oxygen atoms in total. The molecule has 24 heavy (non-hydrogen) atoms. The third-order valence-corrected chi connectivity index (χ3v) is 4.43. The Morgan fingerprint density at radius 1 is 1.17 bits per heavy atom. The molecule has 0 spiro atoms. The fraction of sp³-hybridized carbons (Fsp3) is 0.158. The lowest BCUT2D eigenvalue weighted by Gasteiger charge is -2.11. The van der Waals surface area contributed by atoms with Crippen molar-refractivity contribution in [2.75, 3.05) is 7.11 Å². The molecule has 2 aromatic rings. The van der Waals surface area contributed by atoms with Crippen LogP contribution in [0.5, 0.6) is 5.75 Å². The molecule has 2 aliphatic rings. The molecule has 0 amide bonds. The van der Waals surface area contributed by atoms with E-state index in [1.165, 1.54) is 0 Å². The zero-order valence-corrected chi connectivity index (χ0v) is 13.1. The molecule has 4 rings (SSSR count). The molecule has 0 unspecified atom stereocenters. The minimum Gasteiger partial charge on any atom is -0.506 e. The second kappa shape index (κ2) is 5.53. The quantitative estimate of drug-likeness (QED) is 0.910. The minimum absolute atomic E-state index is 0.0162. The highest BCUT2D eigenvalue weighted by Crippen LogP contribution is 2.35. The Hall–Kier alpha value is -3.08. The number of nitrogens with one attached hydrogen (secondary N) is 1. The van der Waals surface area contributed by atoms with E-state index in [9.17, 15) is 9.90 Å². The lowest BCUT2D eigenvalue weighted by molar-refractivity contribution is 0.104. The number of carbonyl (C=O) groups excluding carboxylic acids is 1. The second-order valence-corrected chi connectivity index (χ2v) is 5.82. The Kier molecular flexibility index (Phi) is 3.34. The van der Waals surface area contributed by atoms with Gasteiger partial charge in [0.05, 0.1) is 24.4 Å². The normalized spacial score (nSPS) is 19.1. The van der Waals surface area contributed by atoms with Crippen molar-refractivity contribution in [3.05, 3.63) is 70.8 Å². The van der Waals surface area contributed by atoms with Crippen LogP contribution in [-0.4, -0.2) is 23.7 Å². The SMILES string of the molecule is COc1cccc([C@@H]2CC(C3=C(O)c4ccccc4C3=O)=NN2)c1. The number of rotatable bonds is 3. The Bertz CT molecular complexity index is 899. The maximum absolute atomic E-state index is 12.6. The topological polar surface area (TPSA) is 70.9 Å². The molecule has 2 N–H and O–H groups in total. The smallest absolute Gasteiger partial charge is 0.199 e. The molecule has 0 saturated heterocycles. The first kappa shape index (κ1) is 14.5. The number of ketones is 1. The molecule has 1 aliphatic carbocycles. The van der Waals surface area contributed by atoms with Gasteiger partial charge in [0.15, 0.2) is 5.78 Å². The first-order valence-electron chi connectivity index (χ1n) is 7.73. The van der Waals surface area contributed by atoms with Crippen molar-refractivity contribution >= 4 is 17.3 Å². The molecule has 1 atom stereocenters. The average molecular weight is 320 g/mol. The van der Waals surface area contributed by atoms with Crippen LogP contribution in [0.15, 0.2) is 59.2 Å². The van der Waals surface area contributed by atoms with Crippen LogP contribution in [0, 0.1) is 0 Å². The van der Waals surface area contributed by atoms with Crippen LogP contribution in [-0.2, 0) is 0 Å². The summed E-state index contributed by atoms with van der Waals surface area (Å²) in [5, 5.41) is 14.7. The van der Waals surface area contributed by atoms with Crippen molar-refractivity contribution in [2.24, 2.45) is 5.10 Å². The number of aliphatic hydroxyl groups is 1. The number of nitrogens with zero attached hydrogens (tertiary/aromatic N) is 1. The standard InChI is InChI=1S/C19H16N2O3/c1-24-12-6-4-5-11(9-12)15-10-16(21-20-15)17-18(22)13-7-2-3-8-14(13)19(17)23/h2-9,15,20,22H,10H2,1H3/t15-/m0/s1. The Morgan fingerprint density at radius 2 is 1.96 bits per heavy atom. The average Bonchev–Trinajstić information content (AvgIpc) is 3.19. The van der Waals surface area contributed by atoms with E-state index in [-0.39, 0.29) is 17.6 Å². The number of ether oxygens (including phenoxy) is 1. The lowest BCUT2D eigenvalue weighted by Crippen LogP contribution is -2.11.